The minimum absolute atomic E-state index is 0.141. The Balaban J connectivity index is 2.32. The summed E-state index contributed by atoms with van der Waals surface area (Å²) in [7, 11) is 0. The van der Waals surface area contributed by atoms with Gasteiger partial charge in [-0.25, -0.2) is 4.39 Å². The number of benzene rings is 1. The van der Waals surface area contributed by atoms with Crippen molar-refractivity contribution in [3.8, 4) is 5.75 Å². The zero-order valence-electron chi connectivity index (χ0n) is 15.7. The number of ether oxygens (including phenoxy) is 1. The van der Waals surface area contributed by atoms with Crippen molar-refractivity contribution in [2.24, 2.45) is 5.73 Å². The summed E-state index contributed by atoms with van der Waals surface area (Å²) in [6, 6.07) is 3.43. The number of rotatable bonds is 12. The number of hydrogen-bond donors (Lipinski definition) is 2. The van der Waals surface area contributed by atoms with Crippen LogP contribution in [0.5, 0.6) is 5.75 Å². The van der Waals surface area contributed by atoms with Gasteiger partial charge in [0.2, 0.25) is 5.91 Å². The Kier molecular flexibility index (Phi) is 10.3. The highest BCUT2D eigenvalue weighted by molar-refractivity contribution is 7.98. The summed E-state index contributed by atoms with van der Waals surface area (Å²) >= 11 is 1.62. The maximum absolute atomic E-state index is 13.3. The Morgan fingerprint density at radius 2 is 2.04 bits per heavy atom. The van der Waals surface area contributed by atoms with Crippen LogP contribution in [0.3, 0.4) is 0 Å². The molecule has 1 rings (SSSR count). The van der Waals surface area contributed by atoms with Gasteiger partial charge >= 0.3 is 0 Å². The van der Waals surface area contributed by atoms with Crippen molar-refractivity contribution >= 4 is 23.5 Å². The zero-order valence-corrected chi connectivity index (χ0v) is 16.5. The number of Topliss-reactive ketones (excluding diaryl/α,β-unsaturated/α-hetero) is 1. The van der Waals surface area contributed by atoms with E-state index in [1.54, 1.807) is 31.7 Å². The topological polar surface area (TPSA) is 81.4 Å². The first kappa shape index (κ1) is 22.4. The Bertz CT molecular complexity index is 576. The minimum atomic E-state index is -0.592. The van der Waals surface area contributed by atoms with E-state index in [0.29, 0.717) is 38.0 Å². The lowest BCUT2D eigenvalue weighted by molar-refractivity contribution is -0.128. The lowest BCUT2D eigenvalue weighted by atomic mass is 10.0. The van der Waals surface area contributed by atoms with Crippen molar-refractivity contribution in [2.75, 3.05) is 18.6 Å². The van der Waals surface area contributed by atoms with Crippen LogP contribution in [-0.2, 0) is 9.59 Å². The van der Waals surface area contributed by atoms with E-state index in [4.69, 9.17) is 10.5 Å². The summed E-state index contributed by atoms with van der Waals surface area (Å²) in [5.41, 5.74) is 6.45. The number of amides is 1. The maximum Gasteiger partial charge on any atom is 0.220 e. The first-order valence-corrected chi connectivity index (χ1v) is 10.2. The molecule has 0 saturated heterocycles. The number of nitrogens with one attached hydrogen (secondary N) is 1. The highest BCUT2D eigenvalue weighted by atomic mass is 32.2. The third-order valence-electron chi connectivity index (χ3n) is 3.82. The van der Waals surface area contributed by atoms with Gasteiger partial charge in [0.05, 0.1) is 18.7 Å². The minimum Gasteiger partial charge on any atom is -0.493 e. The smallest absolute Gasteiger partial charge is 0.220 e. The SMILES string of the molecule is CSCCC(NC(=O)CCCCOc1cc(C)cc(F)c1)C(=O)C(C)N. The molecular formula is C19H29FN2O3S. The second kappa shape index (κ2) is 11.9. The van der Waals surface area contributed by atoms with E-state index in [1.807, 2.05) is 6.26 Å². The average Bonchev–Trinajstić information content (AvgIpc) is 2.56. The van der Waals surface area contributed by atoms with Crippen molar-refractivity contribution in [1.82, 2.24) is 5.32 Å². The van der Waals surface area contributed by atoms with Crippen LogP contribution in [0.15, 0.2) is 18.2 Å². The third-order valence-corrected chi connectivity index (χ3v) is 4.46. The second-order valence-corrected chi connectivity index (χ2v) is 7.35. The predicted molar refractivity (Wildman–Crippen MR) is 104 cm³/mol. The number of carbonyl (C=O) groups excluding carboxylic acids is 2. The molecule has 0 aliphatic heterocycles. The maximum atomic E-state index is 13.3. The van der Waals surface area contributed by atoms with Gasteiger partial charge in [0.25, 0.3) is 0 Å². The molecule has 1 amide bonds. The van der Waals surface area contributed by atoms with Crippen molar-refractivity contribution < 1.29 is 18.7 Å². The molecule has 0 radical (unpaired) electrons. The Morgan fingerprint density at radius 3 is 2.65 bits per heavy atom. The molecule has 0 saturated carbocycles. The molecule has 26 heavy (non-hydrogen) atoms. The number of aryl methyl sites for hydroxylation is 1. The number of unbranched alkanes of at least 4 members (excludes halogenated alkanes) is 1. The summed E-state index contributed by atoms with van der Waals surface area (Å²) in [4.78, 5) is 24.1. The predicted octanol–water partition coefficient (Wildman–Crippen LogP) is 2.84. The lowest BCUT2D eigenvalue weighted by Gasteiger charge is -2.19. The van der Waals surface area contributed by atoms with Crippen LogP contribution in [0.4, 0.5) is 4.39 Å². The van der Waals surface area contributed by atoms with Gasteiger partial charge in [0, 0.05) is 12.5 Å². The van der Waals surface area contributed by atoms with Crippen LogP contribution in [0.25, 0.3) is 0 Å². The number of nitrogens with two attached hydrogens (primary N) is 1. The number of carbonyl (C=O) groups is 2. The van der Waals surface area contributed by atoms with Crippen molar-refractivity contribution in [1.29, 1.82) is 0 Å². The molecule has 0 spiro atoms. The monoisotopic (exact) mass is 384 g/mol. The van der Waals surface area contributed by atoms with Gasteiger partial charge in [-0.05, 0) is 62.8 Å². The molecule has 1 aromatic rings. The van der Waals surface area contributed by atoms with E-state index in [-0.39, 0.29) is 17.5 Å². The van der Waals surface area contributed by atoms with E-state index in [9.17, 15) is 14.0 Å². The number of ketones is 1. The van der Waals surface area contributed by atoms with E-state index in [1.165, 1.54) is 12.1 Å². The molecule has 0 aliphatic carbocycles. The van der Waals surface area contributed by atoms with Crippen molar-refractivity contribution in [2.45, 2.75) is 51.6 Å². The van der Waals surface area contributed by atoms with Gasteiger partial charge < -0.3 is 15.8 Å². The van der Waals surface area contributed by atoms with Gasteiger partial charge in [0.1, 0.15) is 11.6 Å². The first-order chi connectivity index (χ1) is 12.3. The number of thioether (sulfide) groups is 1. The van der Waals surface area contributed by atoms with Gasteiger partial charge in [-0.2, -0.15) is 11.8 Å². The summed E-state index contributed by atoms with van der Waals surface area (Å²) in [5, 5.41) is 2.78. The number of hydrogen-bond acceptors (Lipinski definition) is 5. The summed E-state index contributed by atoms with van der Waals surface area (Å²) in [5.74, 6) is 0.648. The Hall–Kier alpha value is -1.60. The van der Waals surface area contributed by atoms with E-state index in [2.05, 4.69) is 5.32 Å². The van der Waals surface area contributed by atoms with Gasteiger partial charge in [-0.1, -0.05) is 0 Å². The van der Waals surface area contributed by atoms with Crippen LogP contribution in [0, 0.1) is 12.7 Å². The van der Waals surface area contributed by atoms with Gasteiger partial charge in [-0.15, -0.1) is 0 Å². The zero-order chi connectivity index (χ0) is 19.5. The third kappa shape index (κ3) is 8.67. The van der Waals surface area contributed by atoms with Crippen LogP contribution >= 0.6 is 11.8 Å². The number of halogens is 1. The second-order valence-electron chi connectivity index (χ2n) is 6.36. The molecule has 5 nitrogen and oxygen atoms in total. The van der Waals surface area contributed by atoms with Crippen LogP contribution in [-0.4, -0.2) is 42.4 Å². The summed E-state index contributed by atoms with van der Waals surface area (Å²) in [6.07, 6.45) is 4.14. The molecule has 0 fully saturated rings. The summed E-state index contributed by atoms with van der Waals surface area (Å²) < 4.78 is 18.8. The molecule has 7 heteroatoms. The fourth-order valence-corrected chi connectivity index (χ4v) is 2.94. The summed E-state index contributed by atoms with van der Waals surface area (Å²) in [6.45, 7) is 3.84. The molecule has 2 unspecified atom stereocenters. The normalized spacial score (nSPS) is 13.1. The van der Waals surface area contributed by atoms with E-state index in [0.717, 1.165) is 11.3 Å². The quantitative estimate of drug-likeness (QED) is 0.542. The highest BCUT2D eigenvalue weighted by Crippen LogP contribution is 2.16. The van der Waals surface area contributed by atoms with Gasteiger partial charge in [0.15, 0.2) is 5.78 Å². The molecule has 0 heterocycles. The molecule has 0 bridgehead atoms. The molecule has 0 aliphatic rings. The Labute approximate surface area is 159 Å². The van der Waals surface area contributed by atoms with Crippen molar-refractivity contribution in [3.05, 3.63) is 29.6 Å². The molecular weight excluding hydrogens is 355 g/mol. The largest absolute Gasteiger partial charge is 0.493 e. The molecule has 3 N–H and O–H groups in total. The highest BCUT2D eigenvalue weighted by Gasteiger charge is 2.22. The molecule has 0 aromatic heterocycles. The van der Waals surface area contributed by atoms with E-state index >= 15 is 0 Å². The van der Waals surface area contributed by atoms with E-state index < -0.39 is 12.1 Å². The molecule has 146 valence electrons. The standard InChI is InChI=1S/C19H29FN2O3S/c1-13-10-15(20)12-16(11-13)25-8-5-4-6-18(23)22-17(7-9-26-3)19(24)14(2)21/h10-12,14,17H,4-9,21H2,1-3H3,(H,22,23). The molecule has 2 atom stereocenters. The van der Waals surface area contributed by atoms with Crippen LogP contribution < -0.4 is 15.8 Å². The molecule has 1 aromatic carbocycles. The fourth-order valence-electron chi connectivity index (χ4n) is 2.47. The first-order valence-electron chi connectivity index (χ1n) is 8.81. The Morgan fingerprint density at radius 1 is 1.31 bits per heavy atom. The average molecular weight is 385 g/mol. The van der Waals surface area contributed by atoms with Crippen LogP contribution in [0.2, 0.25) is 0 Å². The lowest BCUT2D eigenvalue weighted by Crippen LogP contribution is -2.47. The van der Waals surface area contributed by atoms with Crippen molar-refractivity contribution in [3.63, 3.8) is 0 Å². The fraction of sp³-hybridized carbons (Fsp3) is 0.579. The van der Waals surface area contributed by atoms with Crippen LogP contribution in [0.1, 0.15) is 38.2 Å². The van der Waals surface area contributed by atoms with Gasteiger partial charge in [-0.3, -0.25) is 9.59 Å².